The number of nitrogens with one attached hydrogen (secondary N) is 1. The minimum absolute atomic E-state index is 0.0671. The molecule has 2 aromatic carbocycles. The Kier molecular flexibility index (Phi) is 5.39. The molecule has 0 unspecified atom stereocenters. The van der Waals surface area contributed by atoms with Gasteiger partial charge in [-0.1, -0.05) is 36.4 Å². The topological polar surface area (TPSA) is 63.2 Å². The van der Waals surface area contributed by atoms with E-state index in [1.165, 1.54) is 12.1 Å². The van der Waals surface area contributed by atoms with Crippen LogP contribution in [0.2, 0.25) is 0 Å². The van der Waals surface area contributed by atoms with Crippen molar-refractivity contribution in [1.29, 1.82) is 0 Å². The summed E-state index contributed by atoms with van der Waals surface area (Å²) in [5.41, 5.74) is 2.94. The number of hydrogen-bond acceptors (Lipinski definition) is 6. The van der Waals surface area contributed by atoms with Crippen molar-refractivity contribution in [3.8, 4) is 6.01 Å². The molecule has 0 spiro atoms. The van der Waals surface area contributed by atoms with E-state index in [0.29, 0.717) is 13.1 Å². The Balaban J connectivity index is 1.55. The third-order valence-electron chi connectivity index (χ3n) is 4.46. The normalized spacial score (nSPS) is 13.3. The molecular weight excluding hydrogens is 402 g/mol. The van der Waals surface area contributed by atoms with Gasteiger partial charge in [0.15, 0.2) is 6.61 Å². The lowest BCUT2D eigenvalue weighted by molar-refractivity contribution is -0.154. The Bertz CT molecular complexity index is 1000. The van der Waals surface area contributed by atoms with Crippen LogP contribution >= 0.6 is 0 Å². The second-order valence-corrected chi connectivity index (χ2v) is 6.75. The summed E-state index contributed by atoms with van der Waals surface area (Å²) < 4.78 is 55.5. The molecular formula is C20H17F4N5O. The molecule has 10 heteroatoms. The summed E-state index contributed by atoms with van der Waals surface area (Å²) in [5.74, 6) is -0.0879. The van der Waals surface area contributed by atoms with Crippen molar-refractivity contribution in [2.45, 2.75) is 25.8 Å². The van der Waals surface area contributed by atoms with Gasteiger partial charge in [-0.15, -0.1) is 0 Å². The number of alkyl halides is 3. The van der Waals surface area contributed by atoms with Crippen molar-refractivity contribution >= 4 is 11.9 Å². The van der Waals surface area contributed by atoms with Crippen LogP contribution in [0.15, 0.2) is 48.5 Å². The zero-order valence-corrected chi connectivity index (χ0v) is 15.7. The first-order valence-electron chi connectivity index (χ1n) is 9.11. The van der Waals surface area contributed by atoms with Crippen LogP contribution in [0, 0.1) is 5.82 Å². The van der Waals surface area contributed by atoms with E-state index in [9.17, 15) is 17.6 Å². The highest BCUT2D eigenvalue weighted by atomic mass is 19.4. The van der Waals surface area contributed by atoms with E-state index >= 15 is 0 Å². The lowest BCUT2D eigenvalue weighted by atomic mass is 10.1. The van der Waals surface area contributed by atoms with Crippen LogP contribution in [0.3, 0.4) is 0 Å². The molecule has 3 aromatic rings. The van der Waals surface area contributed by atoms with Gasteiger partial charge in [-0.25, -0.2) is 4.39 Å². The Labute approximate surface area is 169 Å². The Hall–Kier alpha value is -3.43. The first-order chi connectivity index (χ1) is 14.4. The van der Waals surface area contributed by atoms with Crippen LogP contribution in [0.25, 0.3) is 0 Å². The predicted molar refractivity (Wildman–Crippen MR) is 101 cm³/mol. The largest absolute Gasteiger partial charge is 0.454 e. The van der Waals surface area contributed by atoms with Crippen LogP contribution in [-0.2, 0) is 19.6 Å². The number of aromatic nitrogens is 3. The van der Waals surface area contributed by atoms with Gasteiger partial charge in [0.25, 0.3) is 0 Å². The van der Waals surface area contributed by atoms with Gasteiger partial charge >= 0.3 is 12.2 Å². The molecule has 0 fully saturated rings. The quantitative estimate of drug-likeness (QED) is 0.608. The summed E-state index contributed by atoms with van der Waals surface area (Å²) in [4.78, 5) is 14.2. The number of benzene rings is 2. The molecule has 0 atom stereocenters. The van der Waals surface area contributed by atoms with Gasteiger partial charge in [-0.05, 0) is 28.8 Å². The van der Waals surface area contributed by atoms with Crippen LogP contribution in [-0.4, -0.2) is 27.7 Å². The van der Waals surface area contributed by atoms with Crippen LogP contribution in [0.5, 0.6) is 6.01 Å². The van der Waals surface area contributed by atoms with Crippen molar-refractivity contribution in [1.82, 2.24) is 15.0 Å². The number of fused-ring (bicyclic) bond motifs is 1. The molecule has 2 heterocycles. The van der Waals surface area contributed by atoms with Crippen molar-refractivity contribution < 1.29 is 22.3 Å². The molecule has 0 saturated heterocycles. The minimum atomic E-state index is -4.52. The lowest BCUT2D eigenvalue weighted by Gasteiger charge is -2.17. The molecule has 0 aliphatic carbocycles. The highest BCUT2D eigenvalue weighted by Crippen LogP contribution is 2.27. The average molecular weight is 419 g/mol. The van der Waals surface area contributed by atoms with Crippen LogP contribution in [0.4, 0.5) is 29.5 Å². The smallest absolute Gasteiger partial charge is 0.422 e. The third-order valence-corrected chi connectivity index (χ3v) is 4.46. The van der Waals surface area contributed by atoms with E-state index < -0.39 is 18.8 Å². The second kappa shape index (κ2) is 8.13. The van der Waals surface area contributed by atoms with Crippen molar-refractivity contribution in [3.63, 3.8) is 0 Å². The van der Waals surface area contributed by atoms with Crippen LogP contribution < -0.4 is 15.0 Å². The van der Waals surface area contributed by atoms with E-state index in [4.69, 9.17) is 4.74 Å². The number of nitrogens with zero attached hydrogens (tertiary/aromatic N) is 4. The molecule has 0 saturated carbocycles. The summed E-state index contributed by atoms with van der Waals surface area (Å²) in [6.45, 7) is -0.205. The molecule has 4 rings (SSSR count). The number of halogens is 4. The van der Waals surface area contributed by atoms with E-state index in [1.807, 2.05) is 29.2 Å². The fraction of sp³-hybridized carbons (Fsp3) is 0.250. The summed E-state index contributed by atoms with van der Waals surface area (Å²) in [7, 11) is 0. The maximum Gasteiger partial charge on any atom is 0.422 e. The summed E-state index contributed by atoms with van der Waals surface area (Å²) in [6, 6.07) is 13.2. The SMILES string of the molecule is Fc1ccc(CNc2nc(OCC(F)(F)F)nc(N3Cc4ccccc4C3)n2)cc1. The number of ether oxygens (including phenoxy) is 1. The third kappa shape index (κ3) is 4.94. The van der Waals surface area contributed by atoms with Gasteiger partial charge in [0.2, 0.25) is 11.9 Å². The van der Waals surface area contributed by atoms with E-state index in [2.05, 4.69) is 20.3 Å². The molecule has 0 bridgehead atoms. The molecule has 6 nitrogen and oxygen atoms in total. The van der Waals surface area contributed by atoms with Crippen molar-refractivity contribution in [3.05, 3.63) is 71.0 Å². The zero-order chi connectivity index (χ0) is 21.1. The molecule has 1 aliphatic rings. The maximum atomic E-state index is 13.1. The predicted octanol–water partition coefficient (Wildman–Crippen LogP) is 4.08. The zero-order valence-electron chi connectivity index (χ0n) is 15.7. The van der Waals surface area contributed by atoms with Gasteiger partial charge in [0.1, 0.15) is 5.82 Å². The van der Waals surface area contributed by atoms with Crippen molar-refractivity contribution in [2.24, 2.45) is 0 Å². The van der Waals surface area contributed by atoms with Crippen LogP contribution in [0.1, 0.15) is 16.7 Å². The summed E-state index contributed by atoms with van der Waals surface area (Å²) in [5, 5.41) is 2.93. The van der Waals surface area contributed by atoms with Gasteiger partial charge < -0.3 is 15.0 Å². The van der Waals surface area contributed by atoms with Gasteiger partial charge in [0.05, 0.1) is 0 Å². The molecule has 0 amide bonds. The summed E-state index contributed by atoms with van der Waals surface area (Å²) in [6.07, 6.45) is -4.52. The fourth-order valence-electron chi connectivity index (χ4n) is 3.04. The van der Waals surface area contributed by atoms with Gasteiger partial charge in [-0.2, -0.15) is 28.1 Å². The van der Waals surface area contributed by atoms with Crippen molar-refractivity contribution in [2.75, 3.05) is 16.8 Å². The lowest BCUT2D eigenvalue weighted by Crippen LogP contribution is -2.23. The number of hydrogen-bond donors (Lipinski definition) is 1. The van der Waals surface area contributed by atoms with E-state index in [0.717, 1.165) is 16.7 Å². The average Bonchev–Trinajstić information content (AvgIpc) is 3.16. The molecule has 30 heavy (non-hydrogen) atoms. The van der Waals surface area contributed by atoms with Gasteiger partial charge in [0, 0.05) is 19.6 Å². The molecule has 1 aromatic heterocycles. The molecule has 0 radical (unpaired) electrons. The highest BCUT2D eigenvalue weighted by Gasteiger charge is 2.30. The second-order valence-electron chi connectivity index (χ2n) is 6.75. The monoisotopic (exact) mass is 419 g/mol. The Morgan fingerprint density at radius 1 is 0.933 bits per heavy atom. The molecule has 1 N–H and O–H groups in total. The standard InChI is InChI=1S/C20H17F4N5O/c21-16-7-5-13(6-8-16)9-25-17-26-18(28-19(27-17)30-12-20(22,23)24)29-10-14-3-1-2-4-15(14)11-29/h1-8H,9-12H2,(H,25,26,27,28). The molecule has 156 valence electrons. The van der Waals surface area contributed by atoms with Gasteiger partial charge in [-0.3, -0.25) is 0 Å². The number of rotatable bonds is 6. The Morgan fingerprint density at radius 2 is 1.60 bits per heavy atom. The van der Waals surface area contributed by atoms with E-state index in [-0.39, 0.29) is 24.3 Å². The molecule has 1 aliphatic heterocycles. The summed E-state index contributed by atoms with van der Waals surface area (Å²) >= 11 is 0. The highest BCUT2D eigenvalue weighted by molar-refractivity contribution is 5.46. The first-order valence-corrected chi connectivity index (χ1v) is 9.11. The first kappa shape index (κ1) is 19.9. The fourth-order valence-corrected chi connectivity index (χ4v) is 3.04. The Morgan fingerprint density at radius 3 is 2.23 bits per heavy atom. The van der Waals surface area contributed by atoms with E-state index in [1.54, 1.807) is 12.1 Å². The number of anilines is 2. The minimum Gasteiger partial charge on any atom is -0.454 e. The maximum absolute atomic E-state index is 13.1.